The Balaban J connectivity index is 1.69. The van der Waals surface area contributed by atoms with E-state index in [1.807, 2.05) is 18.2 Å². The lowest BCUT2D eigenvalue weighted by Gasteiger charge is -2.29. The van der Waals surface area contributed by atoms with Crippen LogP contribution in [0.4, 0.5) is 4.39 Å². The van der Waals surface area contributed by atoms with E-state index in [-0.39, 0.29) is 11.4 Å². The summed E-state index contributed by atoms with van der Waals surface area (Å²) in [4.78, 5) is 0. The van der Waals surface area contributed by atoms with Crippen LogP contribution >= 0.6 is 0 Å². The summed E-state index contributed by atoms with van der Waals surface area (Å²) in [6.07, 6.45) is 10.6. The van der Waals surface area contributed by atoms with Crippen molar-refractivity contribution in [2.75, 3.05) is 0 Å². The highest BCUT2D eigenvalue weighted by Gasteiger charge is 2.22. The molecule has 1 fully saturated rings. The number of unbranched alkanes of at least 4 members (excludes halogenated alkanes) is 2. The number of hydrogen-bond acceptors (Lipinski definition) is 1. The number of nitrogens with zero attached hydrogens (tertiary/aromatic N) is 1. The first-order valence-electron chi connectivity index (χ1n) is 9.35. The highest BCUT2D eigenvalue weighted by Crippen LogP contribution is 2.38. The molecule has 3 rings (SSSR count). The van der Waals surface area contributed by atoms with Gasteiger partial charge in [0, 0.05) is 5.39 Å². The molecule has 0 spiro atoms. The van der Waals surface area contributed by atoms with Crippen LogP contribution in [0.1, 0.15) is 75.3 Å². The maximum atomic E-state index is 14.2. The zero-order valence-electron chi connectivity index (χ0n) is 14.5. The molecule has 0 heterocycles. The fraction of sp³-hybridized carbons (Fsp3) is 0.500. The Morgan fingerprint density at radius 2 is 1.88 bits per heavy atom. The van der Waals surface area contributed by atoms with Crippen molar-refractivity contribution in [1.82, 2.24) is 0 Å². The summed E-state index contributed by atoms with van der Waals surface area (Å²) in [5, 5.41) is 10.4. The summed E-state index contributed by atoms with van der Waals surface area (Å²) in [7, 11) is 0. The highest BCUT2D eigenvalue weighted by molar-refractivity contribution is 5.85. The minimum atomic E-state index is -0.388. The predicted molar refractivity (Wildman–Crippen MR) is 97.5 cm³/mol. The van der Waals surface area contributed by atoms with Crippen LogP contribution in [0.25, 0.3) is 10.8 Å². The molecule has 1 aliphatic rings. The summed E-state index contributed by atoms with van der Waals surface area (Å²) in [6, 6.07) is 11.4. The largest absolute Gasteiger partial charge is 0.205 e. The molecular formula is C22H26FN. The fourth-order valence-electron chi connectivity index (χ4n) is 4.12. The summed E-state index contributed by atoms with van der Waals surface area (Å²) < 4.78 is 14.2. The van der Waals surface area contributed by atoms with Gasteiger partial charge in [0.05, 0.1) is 5.56 Å². The van der Waals surface area contributed by atoms with Crippen molar-refractivity contribution in [3.63, 3.8) is 0 Å². The third-order valence-electron chi connectivity index (χ3n) is 5.63. The average Bonchev–Trinajstić information content (AvgIpc) is 2.63. The van der Waals surface area contributed by atoms with Crippen LogP contribution in [0.5, 0.6) is 0 Å². The molecule has 0 aromatic heterocycles. The highest BCUT2D eigenvalue weighted by atomic mass is 19.1. The second kappa shape index (κ2) is 7.79. The summed E-state index contributed by atoms with van der Waals surface area (Å²) in [5.41, 5.74) is 1.46. The van der Waals surface area contributed by atoms with E-state index in [4.69, 9.17) is 5.26 Å². The molecule has 0 N–H and O–H groups in total. The van der Waals surface area contributed by atoms with Crippen molar-refractivity contribution in [1.29, 1.82) is 5.26 Å². The number of rotatable bonds is 5. The molecule has 0 saturated heterocycles. The van der Waals surface area contributed by atoms with Crippen molar-refractivity contribution >= 4 is 10.8 Å². The minimum Gasteiger partial charge on any atom is -0.205 e. The fourth-order valence-corrected chi connectivity index (χ4v) is 4.12. The van der Waals surface area contributed by atoms with E-state index in [9.17, 15) is 4.39 Å². The smallest absolute Gasteiger partial charge is 0.148 e. The van der Waals surface area contributed by atoms with Crippen LogP contribution < -0.4 is 0 Å². The summed E-state index contributed by atoms with van der Waals surface area (Å²) >= 11 is 0. The molecule has 0 bridgehead atoms. The molecule has 2 aromatic rings. The predicted octanol–water partition coefficient (Wildman–Crippen LogP) is 6.70. The van der Waals surface area contributed by atoms with Gasteiger partial charge in [-0.25, -0.2) is 4.39 Å². The van der Waals surface area contributed by atoms with Gasteiger partial charge in [-0.15, -0.1) is 0 Å². The first-order chi connectivity index (χ1) is 11.7. The Morgan fingerprint density at radius 1 is 1.08 bits per heavy atom. The van der Waals surface area contributed by atoms with Crippen molar-refractivity contribution < 1.29 is 4.39 Å². The van der Waals surface area contributed by atoms with Gasteiger partial charge in [-0.05, 0) is 54.5 Å². The SMILES string of the molecule is CCCCCC1CCC(c2ccc3c(F)c(C#N)ccc3c2)CC1. The van der Waals surface area contributed by atoms with E-state index in [1.165, 1.54) is 56.9 Å². The molecular weight excluding hydrogens is 297 g/mol. The van der Waals surface area contributed by atoms with Gasteiger partial charge in [0.15, 0.2) is 0 Å². The van der Waals surface area contributed by atoms with Crippen molar-refractivity contribution in [3.8, 4) is 6.07 Å². The zero-order valence-corrected chi connectivity index (χ0v) is 14.5. The number of fused-ring (bicyclic) bond motifs is 1. The second-order valence-corrected chi connectivity index (χ2v) is 7.23. The lowest BCUT2D eigenvalue weighted by molar-refractivity contribution is 0.303. The molecule has 0 radical (unpaired) electrons. The number of hydrogen-bond donors (Lipinski definition) is 0. The van der Waals surface area contributed by atoms with Gasteiger partial charge >= 0.3 is 0 Å². The van der Waals surface area contributed by atoms with Gasteiger partial charge in [-0.2, -0.15) is 5.26 Å². The number of nitriles is 1. The lowest BCUT2D eigenvalue weighted by Crippen LogP contribution is -2.13. The van der Waals surface area contributed by atoms with Crippen molar-refractivity contribution in [3.05, 3.63) is 47.3 Å². The Hall–Kier alpha value is -1.88. The maximum absolute atomic E-state index is 14.2. The minimum absolute atomic E-state index is 0.128. The molecule has 1 aliphatic carbocycles. The molecule has 0 unspecified atom stereocenters. The van der Waals surface area contributed by atoms with Crippen LogP contribution in [0.3, 0.4) is 0 Å². The molecule has 1 saturated carbocycles. The molecule has 0 amide bonds. The second-order valence-electron chi connectivity index (χ2n) is 7.23. The average molecular weight is 323 g/mol. The van der Waals surface area contributed by atoms with Crippen LogP contribution in [0, 0.1) is 23.1 Å². The Morgan fingerprint density at radius 3 is 2.58 bits per heavy atom. The first-order valence-corrected chi connectivity index (χ1v) is 9.35. The third-order valence-corrected chi connectivity index (χ3v) is 5.63. The molecule has 1 nitrogen and oxygen atoms in total. The van der Waals surface area contributed by atoms with E-state index in [2.05, 4.69) is 19.1 Å². The van der Waals surface area contributed by atoms with E-state index >= 15 is 0 Å². The van der Waals surface area contributed by atoms with Crippen molar-refractivity contribution in [2.45, 2.75) is 64.2 Å². The molecule has 0 aliphatic heterocycles. The molecule has 2 aromatic carbocycles. The van der Waals surface area contributed by atoms with E-state index in [0.29, 0.717) is 11.3 Å². The normalized spacial score (nSPS) is 20.9. The summed E-state index contributed by atoms with van der Waals surface area (Å²) in [5.74, 6) is 1.13. The standard InChI is InChI=1S/C22H26FN/c1-2-3-4-5-16-6-8-17(9-7-16)18-12-13-21-19(14-18)10-11-20(15-24)22(21)23/h10-14,16-17H,2-9H2,1H3. The summed E-state index contributed by atoms with van der Waals surface area (Å²) in [6.45, 7) is 2.26. The van der Waals surface area contributed by atoms with Crippen LogP contribution in [0.2, 0.25) is 0 Å². The van der Waals surface area contributed by atoms with Gasteiger partial charge in [0.25, 0.3) is 0 Å². The van der Waals surface area contributed by atoms with Gasteiger partial charge < -0.3 is 0 Å². The Bertz CT molecular complexity index is 735. The maximum Gasteiger partial charge on any atom is 0.148 e. The van der Waals surface area contributed by atoms with Crippen LogP contribution in [-0.2, 0) is 0 Å². The topological polar surface area (TPSA) is 23.8 Å². The lowest BCUT2D eigenvalue weighted by atomic mass is 9.77. The van der Waals surface area contributed by atoms with E-state index < -0.39 is 0 Å². The third kappa shape index (κ3) is 3.61. The number of benzene rings is 2. The van der Waals surface area contributed by atoms with Crippen LogP contribution in [-0.4, -0.2) is 0 Å². The van der Waals surface area contributed by atoms with Gasteiger partial charge in [0.1, 0.15) is 11.9 Å². The van der Waals surface area contributed by atoms with Crippen molar-refractivity contribution in [2.24, 2.45) is 5.92 Å². The quantitative estimate of drug-likeness (QED) is 0.561. The first kappa shape index (κ1) is 17.0. The molecule has 24 heavy (non-hydrogen) atoms. The van der Waals surface area contributed by atoms with Crippen LogP contribution in [0.15, 0.2) is 30.3 Å². The van der Waals surface area contributed by atoms with Gasteiger partial charge in [-0.1, -0.05) is 56.9 Å². The van der Waals surface area contributed by atoms with E-state index in [1.54, 1.807) is 6.07 Å². The van der Waals surface area contributed by atoms with Gasteiger partial charge in [0.2, 0.25) is 0 Å². The van der Waals surface area contributed by atoms with Gasteiger partial charge in [-0.3, -0.25) is 0 Å². The molecule has 2 heteroatoms. The Labute approximate surface area is 144 Å². The van der Waals surface area contributed by atoms with E-state index in [0.717, 1.165) is 11.3 Å². The Kier molecular flexibility index (Phi) is 5.51. The molecule has 0 atom stereocenters. The monoisotopic (exact) mass is 323 g/mol. The zero-order chi connectivity index (χ0) is 16.9. The number of halogens is 1. The molecule has 126 valence electrons.